The molecule has 4 nitrogen and oxygen atoms in total. The van der Waals surface area contributed by atoms with Gasteiger partial charge in [0.15, 0.2) is 0 Å². The molecule has 0 amide bonds. The van der Waals surface area contributed by atoms with Gasteiger partial charge in [0.1, 0.15) is 0 Å². The SMILES string of the molecule is Cl.NCC(NS(=O)(=O)c1cccc(Cl)c1)C1CC1. The predicted molar refractivity (Wildman–Crippen MR) is 74.6 cm³/mol. The van der Waals surface area contributed by atoms with Crippen LogP contribution >= 0.6 is 24.0 Å². The Kier molecular flexibility index (Phi) is 5.43. The maximum atomic E-state index is 12.1. The van der Waals surface area contributed by atoms with Crippen molar-refractivity contribution in [2.45, 2.75) is 23.8 Å². The molecule has 1 saturated carbocycles. The Hall–Kier alpha value is -0.330. The minimum absolute atomic E-state index is 0. The Labute approximate surface area is 118 Å². The number of halogens is 2. The maximum absolute atomic E-state index is 12.1. The van der Waals surface area contributed by atoms with Gasteiger partial charge in [0, 0.05) is 17.6 Å². The lowest BCUT2D eigenvalue weighted by Gasteiger charge is -2.16. The third kappa shape index (κ3) is 3.83. The van der Waals surface area contributed by atoms with E-state index in [4.69, 9.17) is 17.3 Å². The summed E-state index contributed by atoms with van der Waals surface area (Å²) < 4.78 is 26.8. The van der Waals surface area contributed by atoms with Crippen molar-refractivity contribution in [2.75, 3.05) is 6.54 Å². The number of hydrogen-bond donors (Lipinski definition) is 2. The predicted octanol–water partition coefficient (Wildman–Crippen LogP) is 1.78. The summed E-state index contributed by atoms with van der Waals surface area (Å²) in [5, 5.41) is 0.406. The number of nitrogens with one attached hydrogen (secondary N) is 1. The number of benzene rings is 1. The Morgan fingerprint density at radius 1 is 1.44 bits per heavy atom. The third-order valence-corrected chi connectivity index (χ3v) is 4.58. The largest absolute Gasteiger partial charge is 0.329 e. The van der Waals surface area contributed by atoms with Crippen LogP contribution in [0.4, 0.5) is 0 Å². The van der Waals surface area contributed by atoms with Gasteiger partial charge < -0.3 is 5.73 Å². The first-order valence-electron chi connectivity index (χ1n) is 5.51. The quantitative estimate of drug-likeness (QED) is 0.870. The smallest absolute Gasteiger partial charge is 0.240 e. The van der Waals surface area contributed by atoms with Gasteiger partial charge in [-0.3, -0.25) is 0 Å². The monoisotopic (exact) mass is 310 g/mol. The van der Waals surface area contributed by atoms with E-state index in [0.29, 0.717) is 17.5 Å². The number of nitrogens with two attached hydrogens (primary N) is 1. The summed E-state index contributed by atoms with van der Waals surface area (Å²) in [6.45, 7) is 0.324. The van der Waals surface area contributed by atoms with Crippen molar-refractivity contribution in [3.8, 4) is 0 Å². The molecular weight excluding hydrogens is 295 g/mol. The van der Waals surface area contributed by atoms with Gasteiger partial charge in [0.25, 0.3) is 0 Å². The van der Waals surface area contributed by atoms with Crippen molar-refractivity contribution in [1.29, 1.82) is 0 Å². The first kappa shape index (κ1) is 15.7. The molecule has 1 aromatic rings. The van der Waals surface area contributed by atoms with E-state index >= 15 is 0 Å². The Morgan fingerprint density at radius 3 is 2.61 bits per heavy atom. The fraction of sp³-hybridized carbons (Fsp3) is 0.455. The molecule has 1 unspecified atom stereocenters. The number of rotatable bonds is 5. The molecule has 18 heavy (non-hydrogen) atoms. The normalized spacial score (nSPS) is 17.0. The van der Waals surface area contributed by atoms with Gasteiger partial charge in [-0.25, -0.2) is 13.1 Å². The molecule has 0 spiro atoms. The van der Waals surface area contributed by atoms with Crippen molar-refractivity contribution in [3.63, 3.8) is 0 Å². The van der Waals surface area contributed by atoms with Crippen molar-refractivity contribution in [2.24, 2.45) is 11.7 Å². The summed E-state index contributed by atoms with van der Waals surface area (Å²) >= 11 is 5.78. The fourth-order valence-corrected chi connectivity index (χ4v) is 3.36. The molecule has 1 aromatic carbocycles. The molecule has 7 heteroatoms. The van der Waals surface area contributed by atoms with Gasteiger partial charge >= 0.3 is 0 Å². The van der Waals surface area contributed by atoms with Crippen LogP contribution in [0.2, 0.25) is 5.02 Å². The minimum Gasteiger partial charge on any atom is -0.329 e. The lowest BCUT2D eigenvalue weighted by atomic mass is 10.2. The second kappa shape index (κ2) is 6.21. The average Bonchev–Trinajstić information content (AvgIpc) is 3.10. The van der Waals surface area contributed by atoms with Gasteiger partial charge in [-0.1, -0.05) is 17.7 Å². The number of sulfonamides is 1. The molecule has 1 atom stereocenters. The van der Waals surface area contributed by atoms with Gasteiger partial charge in [-0.15, -0.1) is 12.4 Å². The molecule has 1 fully saturated rings. The van der Waals surface area contributed by atoms with Gasteiger partial charge in [-0.2, -0.15) is 0 Å². The molecule has 0 heterocycles. The summed E-state index contributed by atoms with van der Waals surface area (Å²) in [4.78, 5) is 0.184. The molecule has 0 saturated heterocycles. The molecule has 0 aliphatic heterocycles. The van der Waals surface area contributed by atoms with Crippen molar-refractivity contribution in [1.82, 2.24) is 4.72 Å². The zero-order chi connectivity index (χ0) is 12.5. The first-order chi connectivity index (χ1) is 8.03. The van der Waals surface area contributed by atoms with Crippen LogP contribution in [0, 0.1) is 5.92 Å². The summed E-state index contributed by atoms with van der Waals surface area (Å²) in [5.41, 5.74) is 5.58. The molecule has 1 aliphatic carbocycles. The van der Waals surface area contributed by atoms with Crippen LogP contribution in [-0.4, -0.2) is 21.0 Å². The highest BCUT2D eigenvalue weighted by atomic mass is 35.5. The minimum atomic E-state index is -3.51. The average molecular weight is 311 g/mol. The van der Waals surface area contributed by atoms with Crippen LogP contribution < -0.4 is 10.5 Å². The Balaban J connectivity index is 0.00000162. The molecule has 3 N–H and O–H groups in total. The third-order valence-electron chi connectivity index (χ3n) is 2.86. The lowest BCUT2D eigenvalue weighted by Crippen LogP contribution is -2.41. The highest BCUT2D eigenvalue weighted by molar-refractivity contribution is 7.89. The first-order valence-corrected chi connectivity index (χ1v) is 7.37. The van der Waals surface area contributed by atoms with Crippen molar-refractivity contribution >= 4 is 34.0 Å². The fourth-order valence-electron chi connectivity index (χ4n) is 1.74. The van der Waals surface area contributed by atoms with E-state index in [-0.39, 0.29) is 23.3 Å². The van der Waals surface area contributed by atoms with Crippen LogP contribution in [0.25, 0.3) is 0 Å². The van der Waals surface area contributed by atoms with Gasteiger partial charge in [0.2, 0.25) is 10.0 Å². The van der Waals surface area contributed by atoms with E-state index in [9.17, 15) is 8.42 Å². The zero-order valence-corrected chi connectivity index (χ0v) is 12.1. The molecule has 102 valence electrons. The topological polar surface area (TPSA) is 72.2 Å². The summed E-state index contributed by atoms with van der Waals surface area (Å²) in [7, 11) is -3.51. The van der Waals surface area contributed by atoms with Crippen LogP contribution in [0.1, 0.15) is 12.8 Å². The second-order valence-corrected chi connectivity index (χ2v) is 6.41. The van der Waals surface area contributed by atoms with Crippen LogP contribution in [0.5, 0.6) is 0 Å². The Bertz CT molecular complexity index is 504. The van der Waals surface area contributed by atoms with E-state index in [1.54, 1.807) is 12.1 Å². The van der Waals surface area contributed by atoms with E-state index in [1.165, 1.54) is 12.1 Å². The van der Waals surface area contributed by atoms with Crippen LogP contribution in [0.15, 0.2) is 29.2 Å². The second-order valence-electron chi connectivity index (χ2n) is 4.26. The number of hydrogen-bond acceptors (Lipinski definition) is 3. The lowest BCUT2D eigenvalue weighted by molar-refractivity contribution is 0.519. The van der Waals surface area contributed by atoms with Gasteiger partial charge in [-0.05, 0) is 37.0 Å². The molecule has 2 rings (SSSR count). The van der Waals surface area contributed by atoms with Crippen molar-refractivity contribution < 1.29 is 8.42 Å². The van der Waals surface area contributed by atoms with Crippen LogP contribution in [-0.2, 0) is 10.0 Å². The van der Waals surface area contributed by atoms with Gasteiger partial charge in [0.05, 0.1) is 4.90 Å². The Morgan fingerprint density at radius 2 is 2.11 bits per heavy atom. The van der Waals surface area contributed by atoms with E-state index in [2.05, 4.69) is 4.72 Å². The highest BCUT2D eigenvalue weighted by Gasteiger charge is 2.33. The molecule has 0 bridgehead atoms. The van der Waals surface area contributed by atoms with E-state index < -0.39 is 10.0 Å². The van der Waals surface area contributed by atoms with E-state index in [0.717, 1.165) is 12.8 Å². The maximum Gasteiger partial charge on any atom is 0.240 e. The highest BCUT2D eigenvalue weighted by Crippen LogP contribution is 2.32. The summed E-state index contributed by atoms with van der Waals surface area (Å²) in [6, 6.07) is 6.05. The molecule has 0 radical (unpaired) electrons. The molecule has 1 aliphatic rings. The van der Waals surface area contributed by atoms with Crippen molar-refractivity contribution in [3.05, 3.63) is 29.3 Å². The molecular formula is C11H16Cl2N2O2S. The standard InChI is InChI=1S/C11H15ClN2O2S.ClH/c12-9-2-1-3-10(6-9)17(15,16)14-11(7-13)8-4-5-8;/h1-3,6,8,11,14H,4-5,7,13H2;1H. The summed E-state index contributed by atoms with van der Waals surface area (Å²) in [6.07, 6.45) is 2.08. The zero-order valence-electron chi connectivity index (χ0n) is 9.67. The van der Waals surface area contributed by atoms with Crippen LogP contribution in [0.3, 0.4) is 0 Å². The van der Waals surface area contributed by atoms with E-state index in [1.807, 2.05) is 0 Å². The molecule has 0 aromatic heterocycles. The summed E-state index contributed by atoms with van der Waals surface area (Å²) in [5.74, 6) is 0.383.